The van der Waals surface area contributed by atoms with Crippen LogP contribution in [0, 0.1) is 17.2 Å². The summed E-state index contributed by atoms with van der Waals surface area (Å²) in [5, 5.41) is 8.99. The zero-order valence-corrected chi connectivity index (χ0v) is 8.67. The average Bonchev–Trinajstić information content (AvgIpc) is 2.81. The molecule has 0 unspecified atom stereocenters. The Morgan fingerprint density at radius 3 is 2.86 bits per heavy atom. The molecule has 0 aromatic carbocycles. The van der Waals surface area contributed by atoms with Crippen LogP contribution in [0.4, 0.5) is 0 Å². The van der Waals surface area contributed by atoms with E-state index >= 15 is 0 Å². The number of hydrogen-bond donors (Lipinski definition) is 1. The van der Waals surface area contributed by atoms with E-state index in [1.165, 1.54) is 0 Å². The Kier molecular flexibility index (Phi) is 2.07. The van der Waals surface area contributed by atoms with Crippen molar-refractivity contribution in [3.63, 3.8) is 0 Å². The lowest BCUT2D eigenvalue weighted by molar-refractivity contribution is 0.635. The molecule has 1 saturated carbocycles. The molecule has 1 N–H and O–H groups in total. The zero-order chi connectivity index (χ0) is 10.2. The SMILES string of the molecule is CC(C)Cc1cnc(C2(C#N)CC2)[nH]1. The fourth-order valence-electron chi connectivity index (χ4n) is 1.67. The average molecular weight is 189 g/mol. The molecule has 3 nitrogen and oxygen atoms in total. The summed E-state index contributed by atoms with van der Waals surface area (Å²) in [7, 11) is 0. The van der Waals surface area contributed by atoms with Crippen molar-refractivity contribution >= 4 is 0 Å². The topological polar surface area (TPSA) is 52.5 Å². The maximum Gasteiger partial charge on any atom is 0.126 e. The highest BCUT2D eigenvalue weighted by molar-refractivity contribution is 5.30. The lowest BCUT2D eigenvalue weighted by Gasteiger charge is -2.02. The van der Waals surface area contributed by atoms with Gasteiger partial charge < -0.3 is 4.98 Å². The van der Waals surface area contributed by atoms with Gasteiger partial charge in [0.05, 0.1) is 6.07 Å². The first kappa shape index (κ1) is 9.26. The van der Waals surface area contributed by atoms with Gasteiger partial charge in [-0.25, -0.2) is 4.98 Å². The number of rotatable bonds is 3. The highest BCUT2D eigenvalue weighted by Crippen LogP contribution is 2.45. The predicted molar refractivity (Wildman–Crippen MR) is 53.7 cm³/mol. The Morgan fingerprint density at radius 2 is 2.36 bits per heavy atom. The molecule has 1 aromatic heterocycles. The fraction of sp³-hybridized carbons (Fsp3) is 0.636. The first-order chi connectivity index (χ1) is 6.66. The Hall–Kier alpha value is -1.30. The van der Waals surface area contributed by atoms with E-state index in [2.05, 4.69) is 29.9 Å². The molecule has 1 aliphatic carbocycles. The second-order valence-electron chi connectivity index (χ2n) is 4.55. The number of nitrogens with one attached hydrogen (secondary N) is 1. The number of imidazole rings is 1. The van der Waals surface area contributed by atoms with Gasteiger partial charge in [0.1, 0.15) is 11.2 Å². The van der Waals surface area contributed by atoms with Gasteiger partial charge >= 0.3 is 0 Å². The molecule has 3 heteroatoms. The van der Waals surface area contributed by atoms with E-state index in [-0.39, 0.29) is 5.41 Å². The number of nitriles is 1. The van der Waals surface area contributed by atoms with Crippen molar-refractivity contribution in [2.75, 3.05) is 0 Å². The van der Waals surface area contributed by atoms with E-state index in [0.29, 0.717) is 5.92 Å². The smallest absolute Gasteiger partial charge is 0.126 e. The minimum Gasteiger partial charge on any atom is -0.345 e. The van der Waals surface area contributed by atoms with Crippen molar-refractivity contribution in [1.29, 1.82) is 5.26 Å². The summed E-state index contributed by atoms with van der Waals surface area (Å²) in [6.07, 6.45) is 4.79. The maximum atomic E-state index is 8.99. The molecule has 2 rings (SSSR count). The Bertz CT molecular complexity index is 366. The van der Waals surface area contributed by atoms with Gasteiger partial charge in [0.25, 0.3) is 0 Å². The molecular formula is C11H15N3. The van der Waals surface area contributed by atoms with Gasteiger partial charge in [0.2, 0.25) is 0 Å². The Balaban J connectivity index is 2.15. The summed E-state index contributed by atoms with van der Waals surface area (Å²) in [6.45, 7) is 4.36. The molecule has 1 aliphatic rings. The molecule has 0 bridgehead atoms. The molecule has 0 amide bonds. The quantitative estimate of drug-likeness (QED) is 0.792. The predicted octanol–water partition coefficient (Wildman–Crippen LogP) is 2.16. The van der Waals surface area contributed by atoms with Gasteiger partial charge in [-0.15, -0.1) is 0 Å². The van der Waals surface area contributed by atoms with Crippen molar-refractivity contribution in [3.8, 4) is 6.07 Å². The van der Waals surface area contributed by atoms with Crippen LogP contribution in [-0.4, -0.2) is 9.97 Å². The first-order valence-electron chi connectivity index (χ1n) is 5.12. The van der Waals surface area contributed by atoms with Crippen molar-refractivity contribution in [2.24, 2.45) is 5.92 Å². The summed E-state index contributed by atoms with van der Waals surface area (Å²) in [5.41, 5.74) is 0.881. The van der Waals surface area contributed by atoms with E-state index in [0.717, 1.165) is 30.8 Å². The summed E-state index contributed by atoms with van der Waals surface area (Å²) in [5.74, 6) is 1.50. The molecule has 1 aromatic rings. The molecule has 0 saturated heterocycles. The monoisotopic (exact) mass is 189 g/mol. The van der Waals surface area contributed by atoms with E-state index in [9.17, 15) is 0 Å². The third-order valence-electron chi connectivity index (χ3n) is 2.67. The molecule has 1 fully saturated rings. The van der Waals surface area contributed by atoms with E-state index in [1.807, 2.05) is 6.20 Å². The lowest BCUT2D eigenvalue weighted by atomic mass is 10.1. The number of H-pyrrole nitrogens is 1. The molecule has 0 radical (unpaired) electrons. The van der Waals surface area contributed by atoms with Crippen molar-refractivity contribution in [1.82, 2.24) is 9.97 Å². The van der Waals surface area contributed by atoms with Crippen LogP contribution >= 0.6 is 0 Å². The van der Waals surface area contributed by atoms with Crippen molar-refractivity contribution in [2.45, 2.75) is 38.5 Å². The molecule has 14 heavy (non-hydrogen) atoms. The maximum absolute atomic E-state index is 8.99. The molecule has 1 heterocycles. The van der Waals surface area contributed by atoms with Crippen molar-refractivity contribution in [3.05, 3.63) is 17.7 Å². The third-order valence-corrected chi connectivity index (χ3v) is 2.67. The summed E-state index contributed by atoms with van der Waals surface area (Å²) < 4.78 is 0. The number of hydrogen-bond acceptors (Lipinski definition) is 2. The summed E-state index contributed by atoms with van der Waals surface area (Å²) >= 11 is 0. The van der Waals surface area contributed by atoms with Crippen LogP contribution < -0.4 is 0 Å². The molecule has 74 valence electrons. The number of aromatic nitrogens is 2. The van der Waals surface area contributed by atoms with Crippen LogP contribution in [0.1, 0.15) is 38.2 Å². The number of nitrogens with zero attached hydrogens (tertiary/aromatic N) is 2. The largest absolute Gasteiger partial charge is 0.345 e. The van der Waals surface area contributed by atoms with Crippen LogP contribution in [0.25, 0.3) is 0 Å². The van der Waals surface area contributed by atoms with Gasteiger partial charge in [-0.2, -0.15) is 5.26 Å². The van der Waals surface area contributed by atoms with Gasteiger partial charge in [-0.3, -0.25) is 0 Å². The van der Waals surface area contributed by atoms with Gasteiger partial charge in [0.15, 0.2) is 0 Å². The van der Waals surface area contributed by atoms with Crippen LogP contribution in [0.2, 0.25) is 0 Å². The van der Waals surface area contributed by atoms with Gasteiger partial charge in [-0.05, 0) is 25.2 Å². The van der Waals surface area contributed by atoms with E-state index in [1.54, 1.807) is 0 Å². The van der Waals surface area contributed by atoms with Crippen LogP contribution in [0.15, 0.2) is 6.20 Å². The standard InChI is InChI=1S/C11H15N3/c1-8(2)5-9-6-13-10(14-9)11(7-12)3-4-11/h6,8H,3-5H2,1-2H3,(H,13,14). The van der Waals surface area contributed by atoms with Gasteiger partial charge in [-0.1, -0.05) is 13.8 Å². The first-order valence-corrected chi connectivity index (χ1v) is 5.12. The lowest BCUT2D eigenvalue weighted by Crippen LogP contribution is -2.05. The minimum absolute atomic E-state index is 0.269. The Morgan fingerprint density at radius 1 is 1.64 bits per heavy atom. The summed E-state index contributed by atoms with van der Waals surface area (Å²) in [4.78, 5) is 7.56. The molecule has 0 atom stereocenters. The normalized spacial score (nSPS) is 18.1. The second kappa shape index (κ2) is 3.13. The van der Waals surface area contributed by atoms with E-state index < -0.39 is 0 Å². The van der Waals surface area contributed by atoms with Crippen LogP contribution in [0.3, 0.4) is 0 Å². The summed E-state index contributed by atoms with van der Waals surface area (Å²) in [6, 6.07) is 2.34. The Labute approximate surface area is 84.2 Å². The highest BCUT2D eigenvalue weighted by Gasteiger charge is 2.47. The number of aromatic amines is 1. The molecule has 0 aliphatic heterocycles. The zero-order valence-electron chi connectivity index (χ0n) is 8.67. The van der Waals surface area contributed by atoms with Gasteiger partial charge in [0, 0.05) is 11.9 Å². The molecule has 0 spiro atoms. The van der Waals surface area contributed by atoms with Crippen LogP contribution in [-0.2, 0) is 11.8 Å². The minimum atomic E-state index is -0.269. The molecular weight excluding hydrogens is 174 g/mol. The van der Waals surface area contributed by atoms with E-state index in [4.69, 9.17) is 5.26 Å². The van der Waals surface area contributed by atoms with Crippen molar-refractivity contribution < 1.29 is 0 Å². The highest BCUT2D eigenvalue weighted by atomic mass is 14.9. The second-order valence-corrected chi connectivity index (χ2v) is 4.55. The van der Waals surface area contributed by atoms with Crippen LogP contribution in [0.5, 0.6) is 0 Å². The fourth-order valence-corrected chi connectivity index (χ4v) is 1.67. The third kappa shape index (κ3) is 1.52.